The predicted molar refractivity (Wildman–Crippen MR) is 66.7 cm³/mol. The minimum atomic E-state index is 0.577. The van der Waals surface area contributed by atoms with Crippen LogP contribution in [0.1, 0.15) is 20.3 Å². The molecule has 0 radical (unpaired) electrons. The molecule has 1 aliphatic carbocycles. The molecule has 1 N–H and O–H groups in total. The second kappa shape index (κ2) is 4.88. The maximum Gasteiger partial charge on any atom is 0.119 e. The maximum absolute atomic E-state index is 5.60. The second-order valence-corrected chi connectivity index (χ2v) is 5.26. The zero-order chi connectivity index (χ0) is 11.4. The Hall–Kier alpha value is -1.02. The Balaban J connectivity index is 1.53. The summed E-state index contributed by atoms with van der Waals surface area (Å²) in [5.41, 5.74) is 0.577. The minimum absolute atomic E-state index is 0.577. The topological polar surface area (TPSA) is 21.3 Å². The zero-order valence-electron chi connectivity index (χ0n) is 10.2. The van der Waals surface area contributed by atoms with Crippen molar-refractivity contribution >= 4 is 0 Å². The molecule has 0 aromatic heterocycles. The van der Waals surface area contributed by atoms with Gasteiger partial charge in [0.15, 0.2) is 0 Å². The molecule has 0 bridgehead atoms. The second-order valence-electron chi connectivity index (χ2n) is 5.26. The molecule has 1 saturated carbocycles. The summed E-state index contributed by atoms with van der Waals surface area (Å²) in [6, 6.07) is 9.97. The minimum Gasteiger partial charge on any atom is -0.492 e. The van der Waals surface area contributed by atoms with E-state index in [2.05, 4.69) is 19.2 Å². The van der Waals surface area contributed by atoms with E-state index in [1.54, 1.807) is 0 Å². The Bertz CT molecular complexity index is 321. The van der Waals surface area contributed by atoms with Gasteiger partial charge in [-0.2, -0.15) is 0 Å². The lowest BCUT2D eigenvalue weighted by Crippen LogP contribution is -2.24. The summed E-state index contributed by atoms with van der Waals surface area (Å²) in [6.45, 7) is 7.48. The van der Waals surface area contributed by atoms with Gasteiger partial charge in [0, 0.05) is 6.54 Å². The van der Waals surface area contributed by atoms with E-state index >= 15 is 0 Å². The molecule has 2 heteroatoms. The van der Waals surface area contributed by atoms with Crippen LogP contribution in [0, 0.1) is 11.3 Å². The summed E-state index contributed by atoms with van der Waals surface area (Å²) < 4.78 is 5.60. The highest BCUT2D eigenvalue weighted by molar-refractivity contribution is 5.20. The van der Waals surface area contributed by atoms with Crippen molar-refractivity contribution in [3.05, 3.63) is 30.3 Å². The monoisotopic (exact) mass is 219 g/mol. The molecule has 2 nitrogen and oxygen atoms in total. The average Bonchev–Trinajstić information content (AvgIpc) is 2.87. The molecule has 88 valence electrons. The smallest absolute Gasteiger partial charge is 0.119 e. The van der Waals surface area contributed by atoms with Crippen molar-refractivity contribution in [1.29, 1.82) is 0 Å². The standard InChI is InChI=1S/C14H21NO/c1-14(2)10-12(14)11-15-8-9-16-13-6-4-3-5-7-13/h3-7,12,15H,8-11H2,1-2H3. The van der Waals surface area contributed by atoms with Gasteiger partial charge >= 0.3 is 0 Å². The molecule has 0 saturated heterocycles. The van der Waals surface area contributed by atoms with Gasteiger partial charge < -0.3 is 10.1 Å². The van der Waals surface area contributed by atoms with Crippen LogP contribution < -0.4 is 10.1 Å². The number of hydrogen-bond acceptors (Lipinski definition) is 2. The molecule has 0 amide bonds. The van der Waals surface area contributed by atoms with Crippen molar-refractivity contribution in [3.63, 3.8) is 0 Å². The molecule has 1 aliphatic rings. The molecular weight excluding hydrogens is 198 g/mol. The Labute approximate surface area is 98.0 Å². The number of rotatable bonds is 6. The highest BCUT2D eigenvalue weighted by atomic mass is 16.5. The van der Waals surface area contributed by atoms with Gasteiger partial charge in [0.2, 0.25) is 0 Å². The fourth-order valence-corrected chi connectivity index (χ4v) is 1.96. The molecule has 0 aliphatic heterocycles. The van der Waals surface area contributed by atoms with E-state index < -0.39 is 0 Å². The van der Waals surface area contributed by atoms with Crippen molar-refractivity contribution in [3.8, 4) is 5.75 Å². The van der Waals surface area contributed by atoms with E-state index in [1.165, 1.54) is 6.42 Å². The van der Waals surface area contributed by atoms with Crippen LogP contribution >= 0.6 is 0 Å². The van der Waals surface area contributed by atoms with Crippen molar-refractivity contribution in [2.24, 2.45) is 11.3 Å². The number of para-hydroxylation sites is 1. The Morgan fingerprint density at radius 2 is 2.00 bits per heavy atom. The van der Waals surface area contributed by atoms with E-state index in [-0.39, 0.29) is 0 Å². The molecule has 2 rings (SSSR count). The molecule has 1 aromatic rings. The average molecular weight is 219 g/mol. The molecule has 16 heavy (non-hydrogen) atoms. The lowest BCUT2D eigenvalue weighted by atomic mass is 10.1. The quantitative estimate of drug-likeness (QED) is 0.743. The summed E-state index contributed by atoms with van der Waals surface area (Å²) in [7, 11) is 0. The summed E-state index contributed by atoms with van der Waals surface area (Å²) in [4.78, 5) is 0. The van der Waals surface area contributed by atoms with Crippen molar-refractivity contribution in [2.45, 2.75) is 20.3 Å². The third-order valence-electron chi connectivity index (χ3n) is 3.40. The zero-order valence-corrected chi connectivity index (χ0v) is 10.2. The SMILES string of the molecule is CC1(C)CC1CNCCOc1ccccc1. The van der Waals surface area contributed by atoms with Crippen LogP contribution in [0.3, 0.4) is 0 Å². The summed E-state index contributed by atoms with van der Waals surface area (Å²) >= 11 is 0. The number of hydrogen-bond donors (Lipinski definition) is 1. The first-order chi connectivity index (χ1) is 7.68. The first kappa shape index (κ1) is 11.5. The van der Waals surface area contributed by atoms with Gasteiger partial charge in [0.25, 0.3) is 0 Å². The summed E-state index contributed by atoms with van der Waals surface area (Å²) in [5.74, 6) is 1.82. The van der Waals surface area contributed by atoms with Crippen LogP contribution in [-0.2, 0) is 0 Å². The summed E-state index contributed by atoms with van der Waals surface area (Å²) in [6.07, 6.45) is 1.36. The normalized spacial score (nSPS) is 21.8. The van der Waals surface area contributed by atoms with Gasteiger partial charge in [0.1, 0.15) is 12.4 Å². The Morgan fingerprint density at radius 3 is 2.62 bits per heavy atom. The molecule has 1 atom stereocenters. The van der Waals surface area contributed by atoms with Crippen LogP contribution in [-0.4, -0.2) is 19.7 Å². The fourth-order valence-electron chi connectivity index (χ4n) is 1.96. The lowest BCUT2D eigenvalue weighted by Gasteiger charge is -2.08. The van der Waals surface area contributed by atoms with Gasteiger partial charge in [-0.3, -0.25) is 0 Å². The predicted octanol–water partition coefficient (Wildman–Crippen LogP) is 2.70. The highest BCUT2D eigenvalue weighted by Crippen LogP contribution is 2.50. The maximum atomic E-state index is 5.60. The van der Waals surface area contributed by atoms with E-state index in [0.29, 0.717) is 5.41 Å². The molecule has 0 spiro atoms. The van der Waals surface area contributed by atoms with Crippen LogP contribution in [0.5, 0.6) is 5.75 Å². The fraction of sp³-hybridized carbons (Fsp3) is 0.571. The molecule has 1 aromatic carbocycles. The first-order valence-corrected chi connectivity index (χ1v) is 6.07. The van der Waals surface area contributed by atoms with Crippen molar-refractivity contribution in [1.82, 2.24) is 5.32 Å². The Morgan fingerprint density at radius 1 is 1.31 bits per heavy atom. The highest BCUT2D eigenvalue weighted by Gasteiger charge is 2.44. The first-order valence-electron chi connectivity index (χ1n) is 6.07. The van der Waals surface area contributed by atoms with E-state index in [9.17, 15) is 0 Å². The van der Waals surface area contributed by atoms with E-state index in [0.717, 1.165) is 31.4 Å². The number of benzene rings is 1. The van der Waals surface area contributed by atoms with Crippen LogP contribution in [0.4, 0.5) is 0 Å². The third kappa shape index (κ3) is 3.24. The number of nitrogens with one attached hydrogen (secondary N) is 1. The van der Waals surface area contributed by atoms with Crippen LogP contribution in [0.2, 0.25) is 0 Å². The molecule has 0 heterocycles. The number of ether oxygens (including phenoxy) is 1. The van der Waals surface area contributed by atoms with Gasteiger partial charge in [-0.25, -0.2) is 0 Å². The molecular formula is C14H21NO. The van der Waals surface area contributed by atoms with Gasteiger partial charge in [-0.15, -0.1) is 0 Å². The van der Waals surface area contributed by atoms with Crippen LogP contribution in [0.15, 0.2) is 30.3 Å². The van der Waals surface area contributed by atoms with Gasteiger partial charge in [-0.05, 0) is 36.4 Å². The van der Waals surface area contributed by atoms with Crippen molar-refractivity contribution in [2.75, 3.05) is 19.7 Å². The van der Waals surface area contributed by atoms with E-state index in [1.807, 2.05) is 30.3 Å². The molecule has 1 unspecified atom stereocenters. The Kier molecular flexibility index (Phi) is 3.49. The molecule has 1 fully saturated rings. The van der Waals surface area contributed by atoms with Crippen LogP contribution in [0.25, 0.3) is 0 Å². The largest absolute Gasteiger partial charge is 0.492 e. The van der Waals surface area contributed by atoms with Crippen molar-refractivity contribution < 1.29 is 4.74 Å². The van der Waals surface area contributed by atoms with Gasteiger partial charge in [-0.1, -0.05) is 32.0 Å². The lowest BCUT2D eigenvalue weighted by molar-refractivity contribution is 0.311. The van der Waals surface area contributed by atoms with E-state index in [4.69, 9.17) is 4.74 Å². The third-order valence-corrected chi connectivity index (χ3v) is 3.40. The van der Waals surface area contributed by atoms with Gasteiger partial charge in [0.05, 0.1) is 0 Å². The summed E-state index contributed by atoms with van der Waals surface area (Å²) in [5, 5.41) is 3.45.